The van der Waals surface area contributed by atoms with Gasteiger partial charge in [-0.15, -0.1) is 0 Å². The quantitative estimate of drug-likeness (QED) is 0.524. The maximum absolute atomic E-state index is 13.8. The molecule has 0 bridgehead atoms. The van der Waals surface area contributed by atoms with Gasteiger partial charge in [-0.05, 0) is 48.9 Å². The van der Waals surface area contributed by atoms with Gasteiger partial charge in [0.25, 0.3) is 5.91 Å². The second kappa shape index (κ2) is 9.10. The van der Waals surface area contributed by atoms with E-state index < -0.39 is 0 Å². The molecule has 1 aliphatic heterocycles. The smallest absolute Gasteiger partial charge is 0.251 e. The SMILES string of the molecule is C=C/C=C(\C=C)c1n[nH]c2ccc(C(=O)NC3CNCCC3c3cccc(F)c3)cc12. The van der Waals surface area contributed by atoms with Crippen LogP contribution in [0.3, 0.4) is 0 Å². The molecule has 0 aliphatic carbocycles. The lowest BCUT2D eigenvalue weighted by Gasteiger charge is -2.33. The molecule has 5 nitrogen and oxygen atoms in total. The predicted octanol–water partition coefficient (Wildman–Crippen LogP) is 4.33. The largest absolute Gasteiger partial charge is 0.347 e. The zero-order chi connectivity index (χ0) is 21.8. The Bertz CT molecular complexity index is 1160. The number of piperidine rings is 1. The van der Waals surface area contributed by atoms with E-state index in [1.807, 2.05) is 24.3 Å². The van der Waals surface area contributed by atoms with Gasteiger partial charge in [0.05, 0.1) is 11.2 Å². The number of amides is 1. The van der Waals surface area contributed by atoms with E-state index in [2.05, 4.69) is 34.0 Å². The third-order valence-corrected chi connectivity index (χ3v) is 5.69. The summed E-state index contributed by atoms with van der Waals surface area (Å²) < 4.78 is 13.8. The summed E-state index contributed by atoms with van der Waals surface area (Å²) >= 11 is 0. The van der Waals surface area contributed by atoms with Crippen LogP contribution in [0.2, 0.25) is 0 Å². The summed E-state index contributed by atoms with van der Waals surface area (Å²) in [5, 5.41) is 14.7. The van der Waals surface area contributed by atoms with Crippen LogP contribution in [0.25, 0.3) is 16.5 Å². The average Bonchev–Trinajstić information content (AvgIpc) is 3.21. The van der Waals surface area contributed by atoms with Crippen LogP contribution in [0.4, 0.5) is 4.39 Å². The number of halogens is 1. The van der Waals surface area contributed by atoms with Crippen LogP contribution in [0.1, 0.15) is 34.0 Å². The summed E-state index contributed by atoms with van der Waals surface area (Å²) in [6.07, 6.45) is 6.04. The molecule has 0 radical (unpaired) electrons. The zero-order valence-electron chi connectivity index (χ0n) is 17.2. The van der Waals surface area contributed by atoms with Gasteiger partial charge in [-0.2, -0.15) is 5.10 Å². The van der Waals surface area contributed by atoms with E-state index in [0.717, 1.165) is 40.7 Å². The molecular formula is C25H25FN4O. The van der Waals surface area contributed by atoms with Crippen molar-refractivity contribution in [2.45, 2.75) is 18.4 Å². The number of aromatic amines is 1. The van der Waals surface area contributed by atoms with Crippen molar-refractivity contribution in [1.82, 2.24) is 20.8 Å². The van der Waals surface area contributed by atoms with Crippen molar-refractivity contribution in [3.8, 4) is 0 Å². The molecule has 2 aromatic carbocycles. The maximum Gasteiger partial charge on any atom is 0.251 e. The second-order valence-corrected chi connectivity index (χ2v) is 7.63. The fourth-order valence-electron chi connectivity index (χ4n) is 4.14. The molecule has 1 fully saturated rings. The number of carbonyl (C=O) groups is 1. The van der Waals surface area contributed by atoms with E-state index in [9.17, 15) is 9.18 Å². The van der Waals surface area contributed by atoms with Gasteiger partial charge in [0.15, 0.2) is 0 Å². The number of hydrogen-bond donors (Lipinski definition) is 3. The van der Waals surface area contributed by atoms with Crippen LogP contribution in [0.15, 0.2) is 73.9 Å². The molecule has 1 aromatic heterocycles. The molecule has 1 amide bonds. The minimum atomic E-state index is -0.260. The molecule has 1 saturated heterocycles. The van der Waals surface area contributed by atoms with Gasteiger partial charge in [0.1, 0.15) is 5.82 Å². The van der Waals surface area contributed by atoms with Crippen LogP contribution in [0, 0.1) is 5.82 Å². The zero-order valence-corrected chi connectivity index (χ0v) is 17.2. The van der Waals surface area contributed by atoms with Gasteiger partial charge in [-0.3, -0.25) is 9.89 Å². The first kappa shape index (κ1) is 20.8. The second-order valence-electron chi connectivity index (χ2n) is 7.63. The van der Waals surface area contributed by atoms with Crippen molar-refractivity contribution in [2.75, 3.05) is 13.1 Å². The van der Waals surface area contributed by atoms with Gasteiger partial charge in [0, 0.05) is 35.0 Å². The monoisotopic (exact) mass is 416 g/mol. The number of nitrogens with one attached hydrogen (secondary N) is 3. The van der Waals surface area contributed by atoms with Gasteiger partial charge in [-0.1, -0.05) is 43.5 Å². The van der Waals surface area contributed by atoms with Gasteiger partial charge >= 0.3 is 0 Å². The lowest BCUT2D eigenvalue weighted by Crippen LogP contribution is -2.50. The number of rotatable bonds is 6. The molecule has 31 heavy (non-hydrogen) atoms. The predicted molar refractivity (Wildman–Crippen MR) is 122 cm³/mol. The Morgan fingerprint density at radius 3 is 2.87 bits per heavy atom. The van der Waals surface area contributed by atoms with Crippen LogP contribution in [-0.4, -0.2) is 35.2 Å². The molecule has 2 atom stereocenters. The Kier molecular flexibility index (Phi) is 6.09. The number of fused-ring (bicyclic) bond motifs is 1. The number of allylic oxidation sites excluding steroid dienone is 4. The van der Waals surface area contributed by atoms with Crippen molar-refractivity contribution >= 4 is 22.4 Å². The number of aromatic nitrogens is 2. The highest BCUT2D eigenvalue weighted by atomic mass is 19.1. The fraction of sp³-hybridized carbons (Fsp3) is 0.200. The highest BCUT2D eigenvalue weighted by Gasteiger charge is 2.28. The third kappa shape index (κ3) is 4.34. The van der Waals surface area contributed by atoms with Crippen molar-refractivity contribution in [3.05, 3.63) is 96.5 Å². The molecule has 2 heterocycles. The van der Waals surface area contributed by atoms with E-state index in [1.54, 1.807) is 30.4 Å². The summed E-state index contributed by atoms with van der Waals surface area (Å²) in [4.78, 5) is 13.1. The van der Waals surface area contributed by atoms with Crippen molar-refractivity contribution < 1.29 is 9.18 Å². The molecule has 1 aliphatic rings. The molecule has 158 valence electrons. The van der Waals surface area contributed by atoms with E-state index in [4.69, 9.17) is 0 Å². The van der Waals surface area contributed by atoms with E-state index in [0.29, 0.717) is 12.1 Å². The molecule has 3 N–H and O–H groups in total. The average molecular weight is 417 g/mol. The standard InChI is InChI=1S/C25H25FN4O/c1-3-6-16(4-2)24-21-14-18(9-10-22(21)29-30-24)25(31)28-23-15-27-12-11-20(23)17-7-5-8-19(26)13-17/h3-10,13-14,20,23,27H,1-2,11-12,15H2,(H,28,31)(H,29,30)/b16-6+. The van der Waals surface area contributed by atoms with Crippen LogP contribution in [-0.2, 0) is 0 Å². The Morgan fingerprint density at radius 2 is 2.10 bits per heavy atom. The number of carbonyl (C=O) groups excluding carboxylic acids is 1. The molecule has 4 rings (SSSR count). The van der Waals surface area contributed by atoms with Crippen LogP contribution < -0.4 is 10.6 Å². The number of nitrogens with zero attached hydrogens (tertiary/aromatic N) is 1. The molecule has 6 heteroatoms. The lowest BCUT2D eigenvalue weighted by molar-refractivity contribution is 0.0924. The lowest BCUT2D eigenvalue weighted by atomic mass is 9.86. The van der Waals surface area contributed by atoms with Crippen molar-refractivity contribution in [3.63, 3.8) is 0 Å². The summed E-state index contributed by atoms with van der Waals surface area (Å²) in [5.74, 6) is -0.376. The highest BCUT2D eigenvalue weighted by Crippen LogP contribution is 2.28. The normalized spacial score (nSPS) is 19.2. The molecular weight excluding hydrogens is 391 g/mol. The summed E-state index contributed by atoms with van der Waals surface area (Å²) in [7, 11) is 0. The maximum atomic E-state index is 13.8. The number of benzene rings is 2. The molecule has 2 unspecified atom stereocenters. The number of hydrogen-bond acceptors (Lipinski definition) is 3. The minimum Gasteiger partial charge on any atom is -0.347 e. The topological polar surface area (TPSA) is 69.8 Å². The van der Waals surface area contributed by atoms with Crippen LogP contribution >= 0.6 is 0 Å². The van der Waals surface area contributed by atoms with Gasteiger partial charge < -0.3 is 10.6 Å². The van der Waals surface area contributed by atoms with Gasteiger partial charge in [0.2, 0.25) is 0 Å². The van der Waals surface area contributed by atoms with Crippen molar-refractivity contribution in [1.29, 1.82) is 0 Å². The Balaban J connectivity index is 1.60. The Hall–Kier alpha value is -3.51. The summed E-state index contributed by atoms with van der Waals surface area (Å²) in [6.45, 7) is 9.03. The third-order valence-electron chi connectivity index (χ3n) is 5.69. The summed E-state index contributed by atoms with van der Waals surface area (Å²) in [6, 6.07) is 12.0. The number of H-pyrrole nitrogens is 1. The summed E-state index contributed by atoms with van der Waals surface area (Å²) in [5.41, 5.74) is 3.82. The molecule has 3 aromatic rings. The van der Waals surface area contributed by atoms with Gasteiger partial charge in [-0.25, -0.2) is 4.39 Å². The minimum absolute atomic E-state index is 0.0528. The first-order chi connectivity index (χ1) is 15.1. The van der Waals surface area contributed by atoms with Crippen molar-refractivity contribution in [2.24, 2.45) is 0 Å². The Labute approximate surface area is 180 Å². The van der Waals surface area contributed by atoms with Crippen LogP contribution in [0.5, 0.6) is 0 Å². The van der Waals surface area contributed by atoms with E-state index in [1.165, 1.54) is 6.07 Å². The molecule has 0 saturated carbocycles. The first-order valence-corrected chi connectivity index (χ1v) is 10.3. The van der Waals surface area contributed by atoms with E-state index in [-0.39, 0.29) is 23.7 Å². The van der Waals surface area contributed by atoms with E-state index >= 15 is 0 Å². The fourth-order valence-corrected chi connectivity index (χ4v) is 4.14. The molecule has 0 spiro atoms. The highest BCUT2D eigenvalue weighted by molar-refractivity contribution is 6.01. The Morgan fingerprint density at radius 1 is 1.23 bits per heavy atom. The first-order valence-electron chi connectivity index (χ1n) is 10.3.